The van der Waals surface area contributed by atoms with Gasteiger partial charge in [0.15, 0.2) is 0 Å². The van der Waals surface area contributed by atoms with Crippen molar-refractivity contribution in [1.82, 2.24) is 0 Å². The Balaban J connectivity index is 1.65. The van der Waals surface area contributed by atoms with E-state index < -0.39 is 6.09 Å². The first kappa shape index (κ1) is 16.4. The molecule has 0 fully saturated rings. The molecule has 3 rings (SSSR count). The predicted molar refractivity (Wildman–Crippen MR) is 99.7 cm³/mol. The van der Waals surface area contributed by atoms with Gasteiger partial charge in [-0.3, -0.25) is 4.90 Å². The molecule has 0 saturated heterocycles. The summed E-state index contributed by atoms with van der Waals surface area (Å²) in [5, 5.41) is 0. The highest BCUT2D eigenvalue weighted by atomic mass is 16.6. The molecule has 3 heteroatoms. The van der Waals surface area contributed by atoms with Gasteiger partial charge in [0.05, 0.1) is 0 Å². The zero-order valence-electron chi connectivity index (χ0n) is 13.8. The Morgan fingerprint density at radius 1 is 0.760 bits per heavy atom. The topological polar surface area (TPSA) is 29.5 Å². The summed E-state index contributed by atoms with van der Waals surface area (Å²) in [4.78, 5) is 13.6. The predicted octanol–water partition coefficient (Wildman–Crippen LogP) is 4.72. The highest BCUT2D eigenvalue weighted by Gasteiger charge is 2.12. The molecule has 0 N–H and O–H groups in total. The van der Waals surface area contributed by atoms with Crippen LogP contribution in [0.15, 0.2) is 84.9 Å². The molecule has 0 saturated carbocycles. The Bertz CT molecular complexity index is 892. The third-order valence-corrected chi connectivity index (χ3v) is 3.60. The first-order valence-corrected chi connectivity index (χ1v) is 7.90. The van der Waals surface area contributed by atoms with Gasteiger partial charge in [0, 0.05) is 23.9 Å². The standard InChI is InChI=1S/C22H17NO2/c1-23(20-10-6-3-7-11-20)22(24)25-21-16-14-19(15-17-21)13-12-18-8-4-2-5-9-18/h2-11,14-17H,1H3. The molecule has 1 amide bonds. The zero-order valence-corrected chi connectivity index (χ0v) is 13.8. The number of hydrogen-bond donors (Lipinski definition) is 0. The van der Waals surface area contributed by atoms with E-state index in [1.807, 2.05) is 72.8 Å². The van der Waals surface area contributed by atoms with E-state index in [4.69, 9.17) is 4.74 Å². The highest BCUT2D eigenvalue weighted by Crippen LogP contribution is 2.16. The van der Waals surface area contributed by atoms with Crippen LogP contribution < -0.4 is 9.64 Å². The first-order valence-electron chi connectivity index (χ1n) is 7.90. The lowest BCUT2D eigenvalue weighted by atomic mass is 10.2. The molecular formula is C22H17NO2. The van der Waals surface area contributed by atoms with Gasteiger partial charge >= 0.3 is 6.09 Å². The summed E-state index contributed by atoms with van der Waals surface area (Å²) < 4.78 is 5.39. The maximum atomic E-state index is 12.2. The number of ether oxygens (including phenoxy) is 1. The van der Waals surface area contributed by atoms with Crippen molar-refractivity contribution in [2.75, 3.05) is 11.9 Å². The van der Waals surface area contributed by atoms with Crippen LogP contribution in [0.25, 0.3) is 0 Å². The maximum Gasteiger partial charge on any atom is 0.419 e. The van der Waals surface area contributed by atoms with Crippen LogP contribution >= 0.6 is 0 Å². The summed E-state index contributed by atoms with van der Waals surface area (Å²) in [7, 11) is 1.68. The Morgan fingerprint density at radius 3 is 1.88 bits per heavy atom. The molecule has 0 heterocycles. The van der Waals surface area contributed by atoms with Gasteiger partial charge in [-0.1, -0.05) is 48.2 Å². The molecule has 0 aliphatic rings. The van der Waals surface area contributed by atoms with Gasteiger partial charge in [-0.2, -0.15) is 0 Å². The van der Waals surface area contributed by atoms with Gasteiger partial charge < -0.3 is 4.74 Å². The van der Waals surface area contributed by atoms with E-state index >= 15 is 0 Å². The smallest absolute Gasteiger partial charge is 0.410 e. The second-order valence-corrected chi connectivity index (χ2v) is 5.40. The minimum atomic E-state index is -0.436. The minimum Gasteiger partial charge on any atom is -0.410 e. The Hall–Kier alpha value is -3.51. The molecule has 3 nitrogen and oxygen atoms in total. The monoisotopic (exact) mass is 327 g/mol. The van der Waals surface area contributed by atoms with Crippen molar-refractivity contribution in [3.8, 4) is 17.6 Å². The van der Waals surface area contributed by atoms with Gasteiger partial charge in [-0.05, 0) is 48.5 Å². The number of carbonyl (C=O) groups is 1. The molecule has 0 radical (unpaired) electrons. The van der Waals surface area contributed by atoms with E-state index in [9.17, 15) is 4.79 Å². The van der Waals surface area contributed by atoms with Crippen molar-refractivity contribution in [2.45, 2.75) is 0 Å². The molecule has 0 aliphatic heterocycles. The van der Waals surface area contributed by atoms with Gasteiger partial charge in [0.1, 0.15) is 5.75 Å². The fourth-order valence-corrected chi connectivity index (χ4v) is 2.20. The van der Waals surface area contributed by atoms with Gasteiger partial charge in [0.2, 0.25) is 0 Å². The van der Waals surface area contributed by atoms with Gasteiger partial charge in [0.25, 0.3) is 0 Å². The number of nitrogens with zero attached hydrogens (tertiary/aromatic N) is 1. The number of benzene rings is 3. The molecule has 122 valence electrons. The fourth-order valence-electron chi connectivity index (χ4n) is 2.20. The van der Waals surface area contributed by atoms with Crippen LogP contribution in [0.5, 0.6) is 5.75 Å². The lowest BCUT2D eigenvalue weighted by molar-refractivity contribution is 0.209. The number of anilines is 1. The summed E-state index contributed by atoms with van der Waals surface area (Å²) in [6.45, 7) is 0. The van der Waals surface area contributed by atoms with E-state index in [2.05, 4.69) is 11.8 Å². The Kier molecular flexibility index (Phi) is 5.13. The van der Waals surface area contributed by atoms with Crippen LogP contribution in [0.3, 0.4) is 0 Å². The number of para-hydroxylation sites is 1. The molecule has 3 aromatic carbocycles. The average molecular weight is 327 g/mol. The quantitative estimate of drug-likeness (QED) is 0.637. The molecule has 0 unspecified atom stereocenters. The summed E-state index contributed by atoms with van der Waals surface area (Å²) in [6.07, 6.45) is -0.436. The second-order valence-electron chi connectivity index (χ2n) is 5.40. The van der Waals surface area contributed by atoms with Crippen molar-refractivity contribution in [3.05, 3.63) is 96.1 Å². The highest BCUT2D eigenvalue weighted by molar-refractivity contribution is 5.88. The number of amides is 1. The molecule has 0 bridgehead atoms. The minimum absolute atomic E-state index is 0.436. The lowest BCUT2D eigenvalue weighted by Crippen LogP contribution is -2.29. The largest absolute Gasteiger partial charge is 0.419 e. The van der Waals surface area contributed by atoms with Crippen molar-refractivity contribution in [3.63, 3.8) is 0 Å². The van der Waals surface area contributed by atoms with E-state index in [1.165, 1.54) is 4.90 Å². The van der Waals surface area contributed by atoms with Crippen LogP contribution in [-0.4, -0.2) is 13.1 Å². The molecule has 25 heavy (non-hydrogen) atoms. The molecule has 0 atom stereocenters. The normalized spacial score (nSPS) is 9.64. The summed E-state index contributed by atoms with van der Waals surface area (Å²) in [5.41, 5.74) is 2.60. The van der Waals surface area contributed by atoms with E-state index in [0.717, 1.165) is 16.8 Å². The molecule has 0 spiro atoms. The average Bonchev–Trinajstić information content (AvgIpc) is 2.68. The molecule has 0 aliphatic carbocycles. The number of hydrogen-bond acceptors (Lipinski definition) is 2. The van der Waals surface area contributed by atoms with Crippen molar-refractivity contribution in [2.24, 2.45) is 0 Å². The molecule has 3 aromatic rings. The van der Waals surface area contributed by atoms with E-state index in [-0.39, 0.29) is 0 Å². The van der Waals surface area contributed by atoms with E-state index in [1.54, 1.807) is 19.2 Å². The summed E-state index contributed by atoms with van der Waals surface area (Å²) >= 11 is 0. The van der Waals surface area contributed by atoms with Crippen molar-refractivity contribution in [1.29, 1.82) is 0 Å². The van der Waals surface area contributed by atoms with Crippen molar-refractivity contribution < 1.29 is 9.53 Å². The Morgan fingerprint density at radius 2 is 1.28 bits per heavy atom. The third kappa shape index (κ3) is 4.49. The van der Waals surface area contributed by atoms with Gasteiger partial charge in [-0.25, -0.2) is 4.79 Å². The van der Waals surface area contributed by atoms with Gasteiger partial charge in [-0.15, -0.1) is 0 Å². The van der Waals surface area contributed by atoms with Crippen LogP contribution in [0.4, 0.5) is 10.5 Å². The SMILES string of the molecule is CN(C(=O)Oc1ccc(C#Cc2ccccc2)cc1)c1ccccc1. The second kappa shape index (κ2) is 7.85. The van der Waals surface area contributed by atoms with Crippen LogP contribution in [0.1, 0.15) is 11.1 Å². The lowest BCUT2D eigenvalue weighted by Gasteiger charge is -2.16. The fraction of sp³-hybridized carbons (Fsp3) is 0.0455. The van der Waals surface area contributed by atoms with Crippen LogP contribution in [0.2, 0.25) is 0 Å². The summed E-state index contributed by atoms with van der Waals surface area (Å²) in [5.74, 6) is 6.67. The van der Waals surface area contributed by atoms with Crippen LogP contribution in [0, 0.1) is 11.8 Å². The third-order valence-electron chi connectivity index (χ3n) is 3.60. The first-order chi connectivity index (χ1) is 12.2. The molecular weight excluding hydrogens is 310 g/mol. The zero-order chi connectivity index (χ0) is 17.5. The maximum absolute atomic E-state index is 12.2. The summed E-state index contributed by atoms with van der Waals surface area (Å²) in [6, 6.07) is 26.3. The van der Waals surface area contributed by atoms with Crippen LogP contribution in [-0.2, 0) is 0 Å². The van der Waals surface area contributed by atoms with Crippen molar-refractivity contribution >= 4 is 11.8 Å². The number of carbonyl (C=O) groups excluding carboxylic acids is 1. The van der Waals surface area contributed by atoms with E-state index in [0.29, 0.717) is 5.75 Å². The Labute approximate surface area is 147 Å². The molecule has 0 aromatic heterocycles. The number of rotatable bonds is 2.